The molecule has 0 radical (unpaired) electrons. The number of nitrogens with one attached hydrogen (secondary N) is 1. The van der Waals surface area contributed by atoms with Crippen molar-refractivity contribution >= 4 is 5.97 Å². The van der Waals surface area contributed by atoms with Gasteiger partial charge in [-0.2, -0.15) is 0 Å². The van der Waals surface area contributed by atoms with Gasteiger partial charge in [0.1, 0.15) is 6.61 Å². The van der Waals surface area contributed by atoms with Crippen molar-refractivity contribution in [1.82, 2.24) is 5.32 Å². The lowest BCUT2D eigenvalue weighted by Crippen LogP contribution is -2.31. The normalized spacial score (nSPS) is 11.7. The van der Waals surface area contributed by atoms with Gasteiger partial charge in [-0.15, -0.1) is 6.58 Å². The number of carbonyl (C=O) groups is 1. The third-order valence-electron chi connectivity index (χ3n) is 3.56. The van der Waals surface area contributed by atoms with Gasteiger partial charge in [0.25, 0.3) is 0 Å². The maximum absolute atomic E-state index is 11.8. The van der Waals surface area contributed by atoms with Crippen LogP contribution in [0.5, 0.6) is 0 Å². The van der Waals surface area contributed by atoms with Crippen LogP contribution in [0.4, 0.5) is 0 Å². The maximum Gasteiger partial charge on any atom is 0.307 e. The highest BCUT2D eigenvalue weighted by molar-refractivity contribution is 5.69. The van der Waals surface area contributed by atoms with E-state index in [0.717, 1.165) is 12.0 Å². The third-order valence-corrected chi connectivity index (χ3v) is 3.56. The van der Waals surface area contributed by atoms with Gasteiger partial charge in [-0.3, -0.25) is 4.79 Å². The molecule has 23 heavy (non-hydrogen) atoms. The molecule has 0 bridgehead atoms. The van der Waals surface area contributed by atoms with Crippen LogP contribution in [0, 0.1) is 0 Å². The van der Waals surface area contributed by atoms with Crippen LogP contribution in [0.25, 0.3) is 0 Å². The van der Waals surface area contributed by atoms with E-state index in [1.807, 2.05) is 54.6 Å². The Morgan fingerprint density at radius 2 is 1.65 bits per heavy atom. The topological polar surface area (TPSA) is 38.3 Å². The Balaban J connectivity index is 1.66. The summed E-state index contributed by atoms with van der Waals surface area (Å²) in [6.45, 7) is 4.76. The van der Waals surface area contributed by atoms with Gasteiger partial charge in [-0.1, -0.05) is 66.7 Å². The molecule has 1 N–H and O–H groups in total. The van der Waals surface area contributed by atoms with E-state index >= 15 is 0 Å². The van der Waals surface area contributed by atoms with Crippen molar-refractivity contribution in [3.63, 3.8) is 0 Å². The summed E-state index contributed by atoms with van der Waals surface area (Å²) in [4.78, 5) is 11.8. The van der Waals surface area contributed by atoms with Crippen molar-refractivity contribution in [2.45, 2.75) is 25.5 Å². The number of benzene rings is 2. The molecule has 0 aliphatic rings. The van der Waals surface area contributed by atoms with Crippen LogP contribution in [-0.4, -0.2) is 18.6 Å². The van der Waals surface area contributed by atoms with Crippen molar-refractivity contribution in [2.24, 2.45) is 0 Å². The predicted molar refractivity (Wildman–Crippen MR) is 93.0 cm³/mol. The number of hydrogen-bond donors (Lipinski definition) is 1. The second-order valence-electron chi connectivity index (χ2n) is 5.38. The average Bonchev–Trinajstić information content (AvgIpc) is 2.61. The molecule has 2 aromatic carbocycles. The van der Waals surface area contributed by atoms with E-state index in [9.17, 15) is 4.79 Å². The highest BCUT2D eigenvalue weighted by Gasteiger charge is 2.07. The van der Waals surface area contributed by atoms with Gasteiger partial charge in [0.05, 0.1) is 6.42 Å². The van der Waals surface area contributed by atoms with Gasteiger partial charge in [-0.25, -0.2) is 0 Å². The standard InChI is InChI=1S/C20H23NO2/c1-2-19(15-17-9-5-3-6-10-17)21-14-13-20(22)23-16-18-11-7-4-8-12-18/h2-12,19,21H,1,13-16H2. The first-order chi connectivity index (χ1) is 11.3. The minimum absolute atomic E-state index is 0.152. The first-order valence-corrected chi connectivity index (χ1v) is 7.87. The van der Waals surface area contributed by atoms with Crippen molar-refractivity contribution in [1.29, 1.82) is 0 Å². The zero-order chi connectivity index (χ0) is 16.3. The molecule has 1 atom stereocenters. The lowest BCUT2D eigenvalue weighted by atomic mass is 10.1. The minimum Gasteiger partial charge on any atom is -0.461 e. The quantitative estimate of drug-likeness (QED) is 0.569. The van der Waals surface area contributed by atoms with Gasteiger partial charge >= 0.3 is 5.97 Å². The van der Waals surface area contributed by atoms with E-state index in [0.29, 0.717) is 19.6 Å². The number of hydrogen-bond acceptors (Lipinski definition) is 3. The molecule has 0 amide bonds. The number of rotatable bonds is 9. The van der Waals surface area contributed by atoms with Crippen molar-refractivity contribution < 1.29 is 9.53 Å². The van der Waals surface area contributed by atoms with Crippen LogP contribution < -0.4 is 5.32 Å². The van der Waals surface area contributed by atoms with Crippen LogP contribution in [0.1, 0.15) is 17.5 Å². The fourth-order valence-electron chi connectivity index (χ4n) is 2.28. The maximum atomic E-state index is 11.8. The van der Waals surface area contributed by atoms with Gasteiger partial charge in [0, 0.05) is 12.6 Å². The van der Waals surface area contributed by atoms with Crippen LogP contribution in [-0.2, 0) is 22.6 Å². The first kappa shape index (κ1) is 17.0. The SMILES string of the molecule is C=CC(Cc1ccccc1)NCCC(=O)OCc1ccccc1. The Hall–Kier alpha value is -2.39. The monoisotopic (exact) mass is 309 g/mol. The molecule has 0 spiro atoms. The fourth-order valence-corrected chi connectivity index (χ4v) is 2.28. The smallest absolute Gasteiger partial charge is 0.307 e. The summed E-state index contributed by atoms with van der Waals surface area (Å²) >= 11 is 0. The summed E-state index contributed by atoms with van der Waals surface area (Å²) in [5, 5.41) is 3.33. The Morgan fingerprint density at radius 3 is 2.26 bits per heavy atom. The molecule has 0 saturated carbocycles. The summed E-state index contributed by atoms with van der Waals surface area (Å²) in [5.74, 6) is -0.191. The molecular weight excluding hydrogens is 286 g/mol. The lowest BCUT2D eigenvalue weighted by molar-refractivity contribution is -0.144. The molecule has 3 nitrogen and oxygen atoms in total. The molecule has 0 aliphatic carbocycles. The summed E-state index contributed by atoms with van der Waals surface area (Å²) in [5.41, 5.74) is 2.25. The Bertz CT molecular complexity index is 596. The number of esters is 1. The molecule has 0 saturated heterocycles. The van der Waals surface area contributed by atoms with Crippen molar-refractivity contribution in [2.75, 3.05) is 6.54 Å². The predicted octanol–water partition coefficient (Wildman–Crippen LogP) is 3.51. The number of carbonyl (C=O) groups excluding carboxylic acids is 1. The van der Waals surface area contributed by atoms with Gasteiger partial charge in [-0.05, 0) is 17.5 Å². The molecule has 2 aromatic rings. The third kappa shape index (κ3) is 6.49. The van der Waals surface area contributed by atoms with E-state index < -0.39 is 0 Å². The van der Waals surface area contributed by atoms with E-state index in [4.69, 9.17) is 4.74 Å². The lowest BCUT2D eigenvalue weighted by Gasteiger charge is -2.14. The van der Waals surface area contributed by atoms with Crippen molar-refractivity contribution in [3.8, 4) is 0 Å². The Kier molecular flexibility index (Phi) is 7.08. The van der Waals surface area contributed by atoms with E-state index in [-0.39, 0.29) is 12.0 Å². The highest BCUT2D eigenvalue weighted by atomic mass is 16.5. The molecule has 0 fully saturated rings. The summed E-state index contributed by atoms with van der Waals surface area (Å²) in [6, 6.07) is 20.1. The van der Waals surface area contributed by atoms with Crippen LogP contribution in [0.2, 0.25) is 0 Å². The molecule has 0 heterocycles. The number of ether oxygens (including phenoxy) is 1. The molecule has 0 aliphatic heterocycles. The largest absolute Gasteiger partial charge is 0.461 e. The molecule has 1 unspecified atom stereocenters. The highest BCUT2D eigenvalue weighted by Crippen LogP contribution is 2.04. The molecular formula is C20H23NO2. The minimum atomic E-state index is -0.191. The Morgan fingerprint density at radius 1 is 1.04 bits per heavy atom. The van der Waals surface area contributed by atoms with E-state index in [1.165, 1.54) is 5.56 Å². The van der Waals surface area contributed by atoms with E-state index in [1.54, 1.807) is 0 Å². The molecule has 0 aromatic heterocycles. The Labute approximate surface area is 138 Å². The van der Waals surface area contributed by atoms with Crippen molar-refractivity contribution in [3.05, 3.63) is 84.4 Å². The summed E-state index contributed by atoms with van der Waals surface area (Å²) in [7, 11) is 0. The van der Waals surface area contributed by atoms with E-state index in [2.05, 4.69) is 24.0 Å². The van der Waals surface area contributed by atoms with Gasteiger partial charge in [0.2, 0.25) is 0 Å². The molecule has 120 valence electrons. The van der Waals surface area contributed by atoms with Gasteiger partial charge < -0.3 is 10.1 Å². The van der Waals surface area contributed by atoms with Gasteiger partial charge in [0.15, 0.2) is 0 Å². The fraction of sp³-hybridized carbons (Fsp3) is 0.250. The average molecular weight is 309 g/mol. The van der Waals surface area contributed by atoms with Crippen LogP contribution in [0.15, 0.2) is 73.3 Å². The molecule has 3 heteroatoms. The van der Waals surface area contributed by atoms with Crippen LogP contribution in [0.3, 0.4) is 0 Å². The molecule has 2 rings (SSSR count). The zero-order valence-electron chi connectivity index (χ0n) is 13.3. The first-order valence-electron chi connectivity index (χ1n) is 7.87. The summed E-state index contributed by atoms with van der Waals surface area (Å²) in [6.07, 6.45) is 3.09. The zero-order valence-corrected chi connectivity index (χ0v) is 13.3. The second-order valence-corrected chi connectivity index (χ2v) is 5.38. The summed E-state index contributed by atoms with van der Waals surface area (Å²) < 4.78 is 5.26. The second kappa shape index (κ2) is 9.59. The van der Waals surface area contributed by atoms with Crippen LogP contribution >= 0.6 is 0 Å².